The van der Waals surface area contributed by atoms with Crippen molar-refractivity contribution >= 4 is 5.69 Å². The van der Waals surface area contributed by atoms with E-state index in [1.54, 1.807) is 12.1 Å². The van der Waals surface area contributed by atoms with Gasteiger partial charge >= 0.3 is 0 Å². The molecule has 1 aliphatic rings. The van der Waals surface area contributed by atoms with Crippen LogP contribution in [0.5, 0.6) is 0 Å². The van der Waals surface area contributed by atoms with Crippen LogP contribution >= 0.6 is 0 Å². The van der Waals surface area contributed by atoms with Crippen molar-refractivity contribution in [3.8, 4) is 11.1 Å². The van der Waals surface area contributed by atoms with E-state index in [0.717, 1.165) is 25.1 Å². The molecule has 2 heterocycles. The first kappa shape index (κ1) is 19.5. The second-order valence-electron chi connectivity index (χ2n) is 8.27. The van der Waals surface area contributed by atoms with Crippen LogP contribution in [0.25, 0.3) is 11.1 Å². The summed E-state index contributed by atoms with van der Waals surface area (Å²) >= 11 is 0. The molecule has 0 aliphatic carbocycles. The lowest BCUT2D eigenvalue weighted by Gasteiger charge is -2.39. The highest BCUT2D eigenvalue weighted by Crippen LogP contribution is 2.36. The van der Waals surface area contributed by atoms with Crippen LogP contribution in [0, 0.1) is 12.7 Å². The standard InChI is InChI=1S/C28H25FN2/c1-20-2-11-27-24(18-20)14-17-31(26-9-7-25(29)8-10-26)28(27)19-21-3-5-22(6-4-21)23-12-15-30-16-13-23/h2-13,15-16,18,28H,14,17,19H2,1H3. The monoisotopic (exact) mass is 408 g/mol. The molecule has 2 nitrogen and oxygen atoms in total. The van der Waals surface area contributed by atoms with Gasteiger partial charge in [-0.3, -0.25) is 4.98 Å². The van der Waals surface area contributed by atoms with Crippen molar-refractivity contribution in [3.05, 3.63) is 119 Å². The molecule has 0 saturated carbocycles. The summed E-state index contributed by atoms with van der Waals surface area (Å²) in [6.45, 7) is 3.08. The van der Waals surface area contributed by atoms with Crippen molar-refractivity contribution in [2.75, 3.05) is 11.4 Å². The molecular formula is C28H25FN2. The third-order valence-corrected chi connectivity index (χ3v) is 6.21. The molecule has 3 heteroatoms. The summed E-state index contributed by atoms with van der Waals surface area (Å²) in [6, 6.07) is 26.8. The molecule has 0 bridgehead atoms. The summed E-state index contributed by atoms with van der Waals surface area (Å²) < 4.78 is 13.5. The minimum absolute atomic E-state index is 0.194. The van der Waals surface area contributed by atoms with E-state index in [1.165, 1.54) is 33.4 Å². The second kappa shape index (κ2) is 8.35. The van der Waals surface area contributed by atoms with E-state index in [9.17, 15) is 4.39 Å². The number of nitrogens with zero attached hydrogens (tertiary/aromatic N) is 2. The number of aromatic nitrogens is 1. The number of rotatable bonds is 4. The molecule has 0 fully saturated rings. The van der Waals surface area contributed by atoms with E-state index in [2.05, 4.69) is 59.3 Å². The highest BCUT2D eigenvalue weighted by Gasteiger charge is 2.28. The zero-order valence-electron chi connectivity index (χ0n) is 17.6. The fraction of sp³-hybridized carbons (Fsp3) is 0.179. The average Bonchev–Trinajstić information content (AvgIpc) is 2.81. The highest BCUT2D eigenvalue weighted by molar-refractivity contribution is 5.63. The van der Waals surface area contributed by atoms with Crippen molar-refractivity contribution in [2.24, 2.45) is 0 Å². The van der Waals surface area contributed by atoms with E-state index in [-0.39, 0.29) is 11.9 Å². The number of anilines is 1. The maximum Gasteiger partial charge on any atom is 0.123 e. The molecule has 0 spiro atoms. The molecule has 1 aromatic heterocycles. The van der Waals surface area contributed by atoms with E-state index >= 15 is 0 Å². The zero-order chi connectivity index (χ0) is 21.2. The van der Waals surface area contributed by atoms with Crippen LogP contribution in [0.15, 0.2) is 91.3 Å². The van der Waals surface area contributed by atoms with Crippen molar-refractivity contribution in [1.29, 1.82) is 0 Å². The number of halogens is 1. The van der Waals surface area contributed by atoms with Gasteiger partial charge in [0, 0.05) is 24.6 Å². The van der Waals surface area contributed by atoms with Gasteiger partial charge in [-0.1, -0.05) is 48.0 Å². The van der Waals surface area contributed by atoms with Crippen molar-refractivity contribution < 1.29 is 4.39 Å². The van der Waals surface area contributed by atoms with Crippen molar-refractivity contribution in [2.45, 2.75) is 25.8 Å². The zero-order valence-corrected chi connectivity index (χ0v) is 17.6. The fourth-order valence-electron chi connectivity index (χ4n) is 4.60. The van der Waals surface area contributed by atoms with Crippen LogP contribution in [0.3, 0.4) is 0 Å². The summed E-state index contributed by atoms with van der Waals surface area (Å²) in [4.78, 5) is 6.53. The Labute approximate surface area is 183 Å². The summed E-state index contributed by atoms with van der Waals surface area (Å²) in [7, 11) is 0. The Kier molecular flexibility index (Phi) is 5.25. The van der Waals surface area contributed by atoms with E-state index in [1.807, 2.05) is 36.7 Å². The number of pyridine rings is 1. The molecule has 1 unspecified atom stereocenters. The van der Waals surface area contributed by atoms with Crippen LogP contribution in [0.4, 0.5) is 10.1 Å². The van der Waals surface area contributed by atoms with Gasteiger partial charge in [0.15, 0.2) is 0 Å². The third-order valence-electron chi connectivity index (χ3n) is 6.21. The van der Waals surface area contributed by atoms with Gasteiger partial charge in [-0.25, -0.2) is 4.39 Å². The molecular weight excluding hydrogens is 383 g/mol. The van der Waals surface area contributed by atoms with Gasteiger partial charge in [-0.2, -0.15) is 0 Å². The smallest absolute Gasteiger partial charge is 0.123 e. The first-order valence-electron chi connectivity index (χ1n) is 10.8. The Balaban J connectivity index is 1.48. The van der Waals surface area contributed by atoms with Gasteiger partial charge < -0.3 is 4.90 Å². The summed E-state index contributed by atoms with van der Waals surface area (Å²) in [5.74, 6) is -0.194. The van der Waals surface area contributed by atoms with Gasteiger partial charge in [-0.15, -0.1) is 0 Å². The van der Waals surface area contributed by atoms with Gasteiger partial charge in [-0.05, 0) is 84.0 Å². The maximum absolute atomic E-state index is 13.5. The Morgan fingerprint density at radius 2 is 1.58 bits per heavy atom. The van der Waals surface area contributed by atoms with Crippen LogP contribution in [0.1, 0.15) is 28.3 Å². The van der Waals surface area contributed by atoms with Gasteiger partial charge in [0.25, 0.3) is 0 Å². The molecule has 0 N–H and O–H groups in total. The maximum atomic E-state index is 13.5. The average molecular weight is 409 g/mol. The number of benzene rings is 3. The van der Waals surface area contributed by atoms with Crippen LogP contribution in [0.2, 0.25) is 0 Å². The Hall–Kier alpha value is -3.46. The van der Waals surface area contributed by atoms with Gasteiger partial charge in [0.2, 0.25) is 0 Å². The molecule has 0 amide bonds. The lowest BCUT2D eigenvalue weighted by atomic mass is 9.87. The summed E-state index contributed by atoms with van der Waals surface area (Å²) in [5, 5.41) is 0. The Morgan fingerprint density at radius 3 is 2.32 bits per heavy atom. The number of hydrogen-bond donors (Lipinski definition) is 0. The van der Waals surface area contributed by atoms with Crippen molar-refractivity contribution in [1.82, 2.24) is 4.98 Å². The number of fused-ring (bicyclic) bond motifs is 1. The quantitative estimate of drug-likeness (QED) is 0.381. The third kappa shape index (κ3) is 4.09. The van der Waals surface area contributed by atoms with Crippen molar-refractivity contribution in [3.63, 3.8) is 0 Å². The SMILES string of the molecule is Cc1ccc2c(c1)CCN(c1ccc(F)cc1)C2Cc1ccc(-c2ccncc2)cc1. The van der Waals surface area contributed by atoms with E-state index < -0.39 is 0 Å². The normalized spacial score (nSPS) is 15.5. The number of hydrogen-bond acceptors (Lipinski definition) is 2. The molecule has 0 radical (unpaired) electrons. The lowest BCUT2D eigenvalue weighted by molar-refractivity contribution is 0.577. The molecule has 154 valence electrons. The first-order valence-corrected chi connectivity index (χ1v) is 10.8. The minimum atomic E-state index is -0.194. The first-order chi connectivity index (χ1) is 15.2. The Bertz CT molecular complexity index is 1170. The largest absolute Gasteiger partial charge is 0.364 e. The van der Waals surface area contributed by atoms with E-state index in [0.29, 0.717) is 0 Å². The second-order valence-corrected chi connectivity index (χ2v) is 8.27. The summed E-state index contributed by atoms with van der Waals surface area (Å²) in [6.07, 6.45) is 5.56. The van der Waals surface area contributed by atoms with Crippen LogP contribution in [-0.4, -0.2) is 11.5 Å². The highest BCUT2D eigenvalue weighted by atomic mass is 19.1. The van der Waals surface area contributed by atoms with Gasteiger partial charge in [0.1, 0.15) is 5.82 Å². The molecule has 0 saturated heterocycles. The molecule has 31 heavy (non-hydrogen) atoms. The van der Waals surface area contributed by atoms with Crippen LogP contribution < -0.4 is 4.90 Å². The molecule has 4 aromatic rings. The van der Waals surface area contributed by atoms with Crippen LogP contribution in [-0.2, 0) is 12.8 Å². The predicted molar refractivity (Wildman–Crippen MR) is 125 cm³/mol. The van der Waals surface area contributed by atoms with E-state index in [4.69, 9.17) is 0 Å². The molecule has 1 atom stereocenters. The molecule has 5 rings (SSSR count). The summed E-state index contributed by atoms with van der Waals surface area (Å²) in [5.41, 5.74) is 8.84. The predicted octanol–water partition coefficient (Wildman–Crippen LogP) is 6.54. The fourth-order valence-corrected chi connectivity index (χ4v) is 4.60. The number of aryl methyl sites for hydroxylation is 1. The lowest BCUT2D eigenvalue weighted by Crippen LogP contribution is -2.36. The Morgan fingerprint density at radius 1 is 0.871 bits per heavy atom. The topological polar surface area (TPSA) is 16.1 Å². The van der Waals surface area contributed by atoms with Gasteiger partial charge in [0.05, 0.1) is 6.04 Å². The minimum Gasteiger partial charge on any atom is -0.364 e. The molecule has 1 aliphatic heterocycles. The molecule has 3 aromatic carbocycles.